The number of amides is 1. The zero-order valence-corrected chi connectivity index (χ0v) is 55.2. The van der Waals surface area contributed by atoms with E-state index in [0.717, 1.165) is 83.5 Å². The van der Waals surface area contributed by atoms with Crippen LogP contribution in [0.2, 0.25) is 0 Å². The van der Waals surface area contributed by atoms with Gasteiger partial charge in [-0.2, -0.15) is 0 Å². The fourth-order valence-electron chi connectivity index (χ4n) is 10.1. The molecule has 0 aromatic rings. The average Bonchev–Trinajstić information content (AvgIpc) is 3.43. The maximum absolute atomic E-state index is 13.6. The Hall–Kier alpha value is -2.29. The number of nitrogens with one attached hydrogen (secondary N) is 1. The van der Waals surface area contributed by atoms with Crippen molar-refractivity contribution in [2.45, 2.75) is 341 Å². The van der Waals surface area contributed by atoms with Crippen molar-refractivity contribution >= 4 is 19.7 Å². The van der Waals surface area contributed by atoms with Crippen LogP contribution in [0.25, 0.3) is 0 Å². The first kappa shape index (κ1) is 78.7. The summed E-state index contributed by atoms with van der Waals surface area (Å²) in [5.41, 5.74) is 0. The Kier molecular flexibility index (Phi) is 59.1. The molecule has 3 atom stereocenters. The molecular weight excluding hydrogens is 1020 g/mol. The van der Waals surface area contributed by atoms with Crippen LogP contribution in [0.15, 0.2) is 60.8 Å². The lowest BCUT2D eigenvalue weighted by Crippen LogP contribution is -2.47. The molecule has 9 nitrogen and oxygen atoms in total. The van der Waals surface area contributed by atoms with Crippen LogP contribution in [0.5, 0.6) is 0 Å². The number of likely N-dealkylation sites (N-methyl/N-ethyl adjacent to an activating group) is 1. The van der Waals surface area contributed by atoms with Gasteiger partial charge in [0.1, 0.15) is 19.3 Å². The summed E-state index contributed by atoms with van der Waals surface area (Å²) >= 11 is 0. The SMILES string of the molecule is CCCCC/C=C\C/C=C\C/C=C\CCCCCCCCCCC(=O)OC(/C=C/CCCCCCCCCCC)C(COP(=O)(O)OCC[N+](C)(C)C)NC(=O)CCCCCCCCCCCCCCC/C=C/CCCCCCCC. The highest BCUT2D eigenvalue weighted by molar-refractivity contribution is 7.47. The summed E-state index contributed by atoms with van der Waals surface area (Å²) in [5, 5.41) is 3.07. The summed E-state index contributed by atoms with van der Waals surface area (Å²) in [7, 11) is 1.50. The number of unbranched alkanes of at least 4 members (excludes halogenated alkanes) is 39. The van der Waals surface area contributed by atoms with Gasteiger partial charge < -0.3 is 19.4 Å². The molecule has 0 radical (unpaired) electrons. The fourth-order valence-corrected chi connectivity index (χ4v) is 10.8. The van der Waals surface area contributed by atoms with Gasteiger partial charge in [0.15, 0.2) is 0 Å². The molecule has 0 aliphatic rings. The van der Waals surface area contributed by atoms with E-state index >= 15 is 0 Å². The number of ether oxygens (including phenoxy) is 1. The largest absolute Gasteiger partial charge is 0.472 e. The summed E-state index contributed by atoms with van der Waals surface area (Å²) in [6, 6.07) is -0.852. The van der Waals surface area contributed by atoms with Gasteiger partial charge in [0.05, 0.1) is 33.8 Å². The Morgan fingerprint density at radius 1 is 0.432 bits per heavy atom. The van der Waals surface area contributed by atoms with Crippen LogP contribution in [0, 0.1) is 0 Å². The minimum absolute atomic E-state index is 0.0387. The van der Waals surface area contributed by atoms with E-state index < -0.39 is 20.0 Å². The second-order valence-electron chi connectivity index (χ2n) is 24.7. The Bertz CT molecular complexity index is 1570. The number of rotatable bonds is 63. The smallest absolute Gasteiger partial charge is 0.456 e. The molecule has 0 fully saturated rings. The van der Waals surface area contributed by atoms with Gasteiger partial charge in [0.25, 0.3) is 0 Å². The van der Waals surface area contributed by atoms with E-state index in [1.54, 1.807) is 0 Å². The van der Waals surface area contributed by atoms with Gasteiger partial charge in [-0.3, -0.25) is 18.6 Å². The summed E-state index contributed by atoms with van der Waals surface area (Å²) in [6.45, 7) is 7.01. The molecule has 0 saturated heterocycles. The average molecular weight is 1160 g/mol. The van der Waals surface area contributed by atoms with Gasteiger partial charge in [-0.1, -0.05) is 281 Å². The second-order valence-corrected chi connectivity index (χ2v) is 26.1. The molecule has 0 bridgehead atoms. The Morgan fingerprint density at radius 2 is 0.753 bits per heavy atom. The molecule has 0 spiro atoms. The van der Waals surface area contributed by atoms with E-state index in [1.807, 2.05) is 33.3 Å². The predicted octanol–water partition coefficient (Wildman–Crippen LogP) is 21.8. The Balaban J connectivity index is 5.07. The molecule has 0 aromatic carbocycles. The van der Waals surface area contributed by atoms with Crippen molar-refractivity contribution in [2.75, 3.05) is 40.9 Å². The highest BCUT2D eigenvalue weighted by atomic mass is 31.2. The van der Waals surface area contributed by atoms with E-state index in [9.17, 15) is 19.0 Å². The van der Waals surface area contributed by atoms with E-state index in [-0.39, 0.29) is 31.5 Å². The topological polar surface area (TPSA) is 111 Å². The number of esters is 1. The molecule has 10 heteroatoms. The Labute approximate surface area is 502 Å². The molecule has 0 aliphatic carbocycles. The van der Waals surface area contributed by atoms with Crippen LogP contribution in [-0.4, -0.2) is 74.3 Å². The van der Waals surface area contributed by atoms with Crippen molar-refractivity contribution in [3.05, 3.63) is 60.8 Å². The monoisotopic (exact) mass is 1160 g/mol. The first-order chi connectivity index (χ1) is 39.4. The van der Waals surface area contributed by atoms with Crippen LogP contribution in [0.1, 0.15) is 329 Å². The van der Waals surface area contributed by atoms with Crippen LogP contribution in [0.3, 0.4) is 0 Å². The van der Waals surface area contributed by atoms with E-state index in [2.05, 4.69) is 74.7 Å². The molecule has 2 N–H and O–H groups in total. The van der Waals surface area contributed by atoms with Crippen LogP contribution in [0.4, 0.5) is 0 Å². The Morgan fingerprint density at radius 3 is 1.16 bits per heavy atom. The normalized spacial score (nSPS) is 13.9. The molecule has 0 rings (SSSR count). The number of nitrogens with zero attached hydrogens (tertiary/aromatic N) is 1. The number of quaternary nitrogens is 1. The first-order valence-electron chi connectivity index (χ1n) is 34.6. The van der Waals surface area contributed by atoms with Crippen molar-refractivity contribution in [1.82, 2.24) is 5.32 Å². The number of hydrogen-bond acceptors (Lipinski definition) is 6. The third-order valence-electron chi connectivity index (χ3n) is 15.4. The van der Waals surface area contributed by atoms with Crippen LogP contribution >= 0.6 is 7.82 Å². The van der Waals surface area contributed by atoms with Gasteiger partial charge in [0, 0.05) is 12.8 Å². The van der Waals surface area contributed by atoms with E-state index in [4.69, 9.17) is 13.8 Å². The number of allylic oxidation sites excluding steroid dienone is 9. The third-order valence-corrected chi connectivity index (χ3v) is 16.4. The van der Waals surface area contributed by atoms with Crippen LogP contribution in [-0.2, 0) is 27.9 Å². The first-order valence-corrected chi connectivity index (χ1v) is 36.1. The molecule has 1 amide bonds. The van der Waals surface area contributed by atoms with E-state index in [0.29, 0.717) is 17.4 Å². The molecule has 81 heavy (non-hydrogen) atoms. The lowest BCUT2D eigenvalue weighted by atomic mass is 10.0. The standard InChI is InChI=1S/C71H133N2O7P/c1-7-10-13-16-19-22-25-27-29-31-33-35-36-38-39-41-43-45-48-51-54-57-60-63-70(74)72-68(67-79-81(76,77)78-66-65-73(4,5)6)69(62-59-56-53-50-47-24-21-18-15-12-9-3)80-71(75)64-61-58-55-52-49-46-44-42-40-37-34-32-30-28-26-23-20-17-14-11-8-2/h20,23,27-30,34,37,59,62,68-69H,7-19,21-22,24-26,31-33,35-36,38-58,60-61,63-67H2,1-6H3,(H-,72,74,76,77)/p+1/b23-20-,29-27+,30-28-,37-34-,62-59+. The predicted molar refractivity (Wildman–Crippen MR) is 351 cm³/mol. The number of hydrogen-bond donors (Lipinski definition) is 2. The lowest BCUT2D eigenvalue weighted by Gasteiger charge is -2.27. The molecular formula is C71H134N2O7P+. The molecule has 0 heterocycles. The zero-order valence-electron chi connectivity index (χ0n) is 54.3. The third kappa shape index (κ3) is 62.1. The van der Waals surface area contributed by atoms with Crippen LogP contribution < -0.4 is 5.32 Å². The minimum Gasteiger partial charge on any atom is -0.456 e. The summed E-state index contributed by atoms with van der Waals surface area (Å²) in [5.74, 6) is -0.504. The van der Waals surface area contributed by atoms with Crippen molar-refractivity contribution < 1.29 is 37.3 Å². The van der Waals surface area contributed by atoms with Crippen molar-refractivity contribution in [2.24, 2.45) is 0 Å². The summed E-state index contributed by atoms with van der Waals surface area (Å²) < 4.78 is 30.8. The number of phosphoric ester groups is 1. The molecule has 0 aliphatic heterocycles. The van der Waals surface area contributed by atoms with Crippen molar-refractivity contribution in [1.29, 1.82) is 0 Å². The highest BCUT2D eigenvalue weighted by Crippen LogP contribution is 2.43. The number of phosphoric acid groups is 1. The lowest BCUT2D eigenvalue weighted by molar-refractivity contribution is -0.870. The molecule has 474 valence electrons. The van der Waals surface area contributed by atoms with Crippen molar-refractivity contribution in [3.63, 3.8) is 0 Å². The van der Waals surface area contributed by atoms with Gasteiger partial charge >= 0.3 is 13.8 Å². The van der Waals surface area contributed by atoms with E-state index in [1.165, 1.54) is 212 Å². The van der Waals surface area contributed by atoms with Gasteiger partial charge in [-0.05, 0) is 96.0 Å². The molecule has 0 aromatic heterocycles. The van der Waals surface area contributed by atoms with Gasteiger partial charge in [-0.15, -0.1) is 0 Å². The summed E-state index contributed by atoms with van der Waals surface area (Å²) in [6.07, 6.45) is 78.0. The quantitative estimate of drug-likeness (QED) is 0.0205. The maximum Gasteiger partial charge on any atom is 0.472 e. The number of carbonyl (C=O) groups excluding carboxylic acids is 2. The number of carbonyl (C=O) groups is 2. The van der Waals surface area contributed by atoms with Crippen molar-refractivity contribution in [3.8, 4) is 0 Å². The van der Waals surface area contributed by atoms with Gasteiger partial charge in [0.2, 0.25) is 5.91 Å². The maximum atomic E-state index is 13.6. The summed E-state index contributed by atoms with van der Waals surface area (Å²) in [4.78, 5) is 37.8. The zero-order chi connectivity index (χ0) is 59.3. The van der Waals surface area contributed by atoms with Gasteiger partial charge in [-0.25, -0.2) is 4.57 Å². The minimum atomic E-state index is -4.45. The molecule has 3 unspecified atom stereocenters. The molecule has 0 saturated carbocycles. The fraction of sp³-hybridized carbons (Fsp3) is 0.831. The second kappa shape index (κ2) is 60.8. The highest BCUT2D eigenvalue weighted by Gasteiger charge is 2.30.